The Hall–Kier alpha value is -2.34. The van der Waals surface area contributed by atoms with Gasteiger partial charge in [-0.05, 0) is 45.8 Å². The second-order valence-electron chi connectivity index (χ2n) is 5.84. The molecule has 1 N–H and O–H groups in total. The zero-order chi connectivity index (χ0) is 16.8. The first-order chi connectivity index (χ1) is 11.6. The Morgan fingerprint density at radius 3 is 2.75 bits per heavy atom. The molecule has 2 aliphatic rings. The molecule has 2 aliphatic heterocycles. The lowest BCUT2D eigenvalue weighted by molar-refractivity contribution is 0.0921. The summed E-state index contributed by atoms with van der Waals surface area (Å²) in [5.74, 6) is 0.665. The minimum atomic E-state index is -0.304. The average molecular weight is 387 g/mol. The number of benzene rings is 2. The van der Waals surface area contributed by atoms with E-state index in [1.54, 1.807) is 25.3 Å². The van der Waals surface area contributed by atoms with Crippen molar-refractivity contribution in [3.05, 3.63) is 57.6 Å². The lowest BCUT2D eigenvalue weighted by Crippen LogP contribution is -2.49. The fourth-order valence-electron chi connectivity index (χ4n) is 3.38. The first kappa shape index (κ1) is 15.2. The fraction of sp³-hybridized carbons (Fsp3) is 0.222. The lowest BCUT2D eigenvalue weighted by atomic mass is 9.92. The van der Waals surface area contributed by atoms with Crippen molar-refractivity contribution in [3.8, 4) is 5.75 Å². The van der Waals surface area contributed by atoms with Crippen molar-refractivity contribution in [2.24, 2.45) is 0 Å². The van der Waals surface area contributed by atoms with Crippen molar-refractivity contribution in [1.82, 2.24) is 5.32 Å². The second-order valence-corrected chi connectivity index (χ2v) is 6.69. The number of anilines is 1. The van der Waals surface area contributed by atoms with E-state index < -0.39 is 0 Å². The summed E-state index contributed by atoms with van der Waals surface area (Å²) >= 11 is 3.49. The average Bonchev–Trinajstić information content (AvgIpc) is 2.59. The number of hydrogen-bond acceptors (Lipinski definition) is 4. The summed E-state index contributed by atoms with van der Waals surface area (Å²) in [7, 11) is 1.61. The number of methoxy groups -OCH3 is 1. The number of halogens is 1. The van der Waals surface area contributed by atoms with E-state index in [0.717, 1.165) is 21.5 Å². The Kier molecular flexibility index (Phi) is 3.57. The van der Waals surface area contributed by atoms with Gasteiger partial charge in [0.25, 0.3) is 5.91 Å². The van der Waals surface area contributed by atoms with E-state index >= 15 is 0 Å². The maximum Gasteiger partial charge on any atom is 0.255 e. The largest absolute Gasteiger partial charge is 0.496 e. The SMILES string of the molecule is COc1ccc(C2NC(=O)c3cccc4c3N2CCC4=O)cc1Br. The molecule has 0 bridgehead atoms. The van der Waals surface area contributed by atoms with Gasteiger partial charge in [0, 0.05) is 18.5 Å². The van der Waals surface area contributed by atoms with E-state index in [4.69, 9.17) is 4.74 Å². The van der Waals surface area contributed by atoms with Gasteiger partial charge in [0.05, 0.1) is 22.8 Å². The number of nitrogens with one attached hydrogen (secondary N) is 1. The van der Waals surface area contributed by atoms with Gasteiger partial charge >= 0.3 is 0 Å². The Balaban J connectivity index is 1.84. The number of carbonyl (C=O) groups is 2. The van der Waals surface area contributed by atoms with E-state index in [2.05, 4.69) is 26.1 Å². The third-order valence-electron chi connectivity index (χ3n) is 4.52. The van der Waals surface area contributed by atoms with Gasteiger partial charge in [0.15, 0.2) is 5.78 Å². The zero-order valence-corrected chi connectivity index (χ0v) is 14.6. The molecule has 4 rings (SSSR count). The minimum Gasteiger partial charge on any atom is -0.496 e. The molecule has 2 heterocycles. The normalized spacial score (nSPS) is 18.9. The molecule has 0 aromatic heterocycles. The summed E-state index contributed by atoms with van der Waals surface area (Å²) in [6, 6.07) is 11.1. The van der Waals surface area contributed by atoms with Crippen LogP contribution in [0.15, 0.2) is 40.9 Å². The third kappa shape index (κ3) is 2.21. The molecule has 1 amide bonds. The molecule has 0 radical (unpaired) electrons. The summed E-state index contributed by atoms with van der Waals surface area (Å²) in [5, 5.41) is 3.04. The van der Waals surface area contributed by atoms with Crippen molar-refractivity contribution in [1.29, 1.82) is 0 Å². The van der Waals surface area contributed by atoms with E-state index in [0.29, 0.717) is 24.1 Å². The van der Waals surface area contributed by atoms with Crippen LogP contribution in [0, 0.1) is 0 Å². The predicted molar refractivity (Wildman–Crippen MR) is 93.6 cm³/mol. The van der Waals surface area contributed by atoms with Crippen molar-refractivity contribution < 1.29 is 14.3 Å². The van der Waals surface area contributed by atoms with Crippen LogP contribution < -0.4 is 15.0 Å². The van der Waals surface area contributed by atoms with Gasteiger partial charge in [-0.1, -0.05) is 12.1 Å². The highest BCUT2D eigenvalue weighted by molar-refractivity contribution is 9.10. The Labute approximate surface area is 147 Å². The Morgan fingerprint density at radius 1 is 1.21 bits per heavy atom. The van der Waals surface area contributed by atoms with Crippen LogP contribution >= 0.6 is 15.9 Å². The molecule has 0 aliphatic carbocycles. The predicted octanol–water partition coefficient (Wildman–Crippen LogP) is 3.29. The minimum absolute atomic E-state index is 0.0902. The maximum absolute atomic E-state index is 12.5. The van der Waals surface area contributed by atoms with Crippen molar-refractivity contribution in [2.75, 3.05) is 18.6 Å². The Bertz CT molecular complexity index is 851. The van der Waals surface area contributed by atoms with Crippen molar-refractivity contribution in [3.63, 3.8) is 0 Å². The van der Waals surface area contributed by atoms with Crippen LogP contribution in [-0.2, 0) is 0 Å². The highest BCUT2D eigenvalue weighted by Crippen LogP contribution is 2.40. The number of Topliss-reactive ketones (excluding diaryl/α,β-unsaturated/α-hetero) is 1. The molecule has 24 heavy (non-hydrogen) atoms. The van der Waals surface area contributed by atoms with Crippen LogP contribution in [0.3, 0.4) is 0 Å². The fourth-order valence-corrected chi connectivity index (χ4v) is 3.94. The molecule has 6 heteroatoms. The third-order valence-corrected chi connectivity index (χ3v) is 5.14. The second kappa shape index (κ2) is 5.63. The summed E-state index contributed by atoms with van der Waals surface area (Å²) in [4.78, 5) is 26.9. The summed E-state index contributed by atoms with van der Waals surface area (Å²) < 4.78 is 6.09. The number of para-hydroxylation sites is 1. The van der Waals surface area contributed by atoms with Crippen molar-refractivity contribution in [2.45, 2.75) is 12.6 Å². The van der Waals surface area contributed by atoms with Gasteiger partial charge in [-0.3, -0.25) is 9.59 Å². The molecule has 5 nitrogen and oxygen atoms in total. The van der Waals surface area contributed by atoms with E-state index in [-0.39, 0.29) is 17.9 Å². The van der Waals surface area contributed by atoms with Gasteiger partial charge in [-0.2, -0.15) is 0 Å². The molecule has 122 valence electrons. The lowest BCUT2D eigenvalue weighted by Gasteiger charge is -2.42. The number of carbonyl (C=O) groups excluding carboxylic acids is 2. The molecule has 0 saturated heterocycles. The summed E-state index contributed by atoms with van der Waals surface area (Å²) in [5.41, 5.74) is 2.87. The van der Waals surface area contributed by atoms with Gasteiger partial charge in [0.2, 0.25) is 0 Å². The van der Waals surface area contributed by atoms with Crippen LogP contribution in [0.1, 0.15) is 38.9 Å². The molecule has 2 aromatic rings. The highest BCUT2D eigenvalue weighted by atomic mass is 79.9. The van der Waals surface area contributed by atoms with Crippen LogP contribution in [-0.4, -0.2) is 25.3 Å². The molecule has 2 aromatic carbocycles. The quantitative estimate of drug-likeness (QED) is 0.859. The van der Waals surface area contributed by atoms with Crippen LogP contribution in [0.5, 0.6) is 5.75 Å². The highest BCUT2D eigenvalue weighted by Gasteiger charge is 2.37. The standard InChI is InChI=1S/C18H15BrN2O3/c1-24-15-6-5-10(9-13(15)19)17-20-18(23)12-4-2-3-11-14(22)7-8-21(17)16(11)12/h2-6,9,17H,7-8H2,1H3,(H,20,23). The molecular weight excluding hydrogens is 372 g/mol. The van der Waals surface area contributed by atoms with Gasteiger partial charge in [-0.15, -0.1) is 0 Å². The summed E-state index contributed by atoms with van der Waals surface area (Å²) in [6.45, 7) is 0.581. The summed E-state index contributed by atoms with van der Waals surface area (Å²) in [6.07, 6.45) is 0.140. The van der Waals surface area contributed by atoms with Crippen LogP contribution in [0.4, 0.5) is 5.69 Å². The van der Waals surface area contributed by atoms with Crippen molar-refractivity contribution >= 4 is 33.3 Å². The van der Waals surface area contributed by atoms with Crippen LogP contribution in [0.2, 0.25) is 0 Å². The molecular formula is C18H15BrN2O3. The number of hydrogen-bond donors (Lipinski definition) is 1. The molecule has 0 spiro atoms. The van der Waals surface area contributed by atoms with E-state index in [1.165, 1.54) is 0 Å². The zero-order valence-electron chi connectivity index (χ0n) is 13.0. The first-order valence-corrected chi connectivity index (χ1v) is 8.46. The van der Waals surface area contributed by atoms with Gasteiger partial charge < -0.3 is 15.0 Å². The van der Waals surface area contributed by atoms with E-state index in [1.807, 2.05) is 18.2 Å². The monoisotopic (exact) mass is 386 g/mol. The molecule has 0 fully saturated rings. The number of rotatable bonds is 2. The number of ether oxygens (including phenoxy) is 1. The first-order valence-electron chi connectivity index (χ1n) is 7.67. The molecule has 1 unspecified atom stereocenters. The van der Waals surface area contributed by atoms with E-state index in [9.17, 15) is 9.59 Å². The number of nitrogens with zero attached hydrogens (tertiary/aromatic N) is 1. The van der Waals surface area contributed by atoms with Crippen LogP contribution in [0.25, 0.3) is 0 Å². The van der Waals surface area contributed by atoms with Gasteiger partial charge in [-0.25, -0.2) is 0 Å². The number of ketones is 1. The Morgan fingerprint density at radius 2 is 2.00 bits per heavy atom. The number of amides is 1. The molecule has 0 saturated carbocycles. The molecule has 1 atom stereocenters. The smallest absolute Gasteiger partial charge is 0.255 e. The maximum atomic E-state index is 12.5. The van der Waals surface area contributed by atoms with Gasteiger partial charge in [0.1, 0.15) is 11.9 Å². The topological polar surface area (TPSA) is 58.6 Å².